The predicted octanol–water partition coefficient (Wildman–Crippen LogP) is 22.1. The first-order valence-corrected chi connectivity index (χ1v) is 47.6. The van der Waals surface area contributed by atoms with E-state index in [1.807, 2.05) is 105 Å². The van der Waals surface area contributed by atoms with Gasteiger partial charge in [0, 0.05) is 116 Å². The minimum Gasteiger partial charge on any atom is -0.397 e. The number of anilines is 6. The maximum atomic E-state index is 15.5. The Morgan fingerprint density at radius 1 is 0.383 bits per heavy atom. The number of nitrogens with two attached hydrogens (primary N) is 3. The maximum Gasteiger partial charge on any atom is 0.276 e. The number of rotatable bonds is 15. The molecule has 3 fully saturated rings. The third-order valence-corrected chi connectivity index (χ3v) is 28.7. The lowest BCUT2D eigenvalue weighted by Gasteiger charge is -2.45. The van der Waals surface area contributed by atoms with E-state index in [9.17, 15) is 53.3 Å². The molecule has 6 N–H and O–H groups in total. The quantitative estimate of drug-likeness (QED) is 0.0282. The van der Waals surface area contributed by atoms with Gasteiger partial charge in [0.15, 0.2) is 29.1 Å². The van der Waals surface area contributed by atoms with Gasteiger partial charge >= 0.3 is 0 Å². The number of halogens is 15. The topological polar surface area (TPSA) is 363 Å². The lowest BCUT2D eigenvalue weighted by molar-refractivity contribution is -0.131. The summed E-state index contributed by atoms with van der Waals surface area (Å²) in [7, 11) is 0. The molecule has 0 unspecified atom stereocenters. The third-order valence-electron chi connectivity index (χ3n) is 25.0. The number of pyridine rings is 9. The number of piperazine rings is 3. The molecule has 9 aromatic heterocycles. The number of hydrogen-bond donors (Lipinski definition) is 3. The molecule has 0 bridgehead atoms. The Morgan fingerprint density at radius 2 is 0.617 bits per heavy atom. The van der Waals surface area contributed by atoms with Crippen LogP contribution in [0.3, 0.4) is 0 Å². The highest BCUT2D eigenvalue weighted by molar-refractivity contribution is 6.48. The summed E-state index contributed by atoms with van der Waals surface area (Å²) in [4.78, 5) is 120. The van der Waals surface area contributed by atoms with Crippen LogP contribution >= 0.6 is 116 Å². The third kappa shape index (κ3) is 18.5. The minimum absolute atomic E-state index is 0.00668. The number of nitrogens with zero attached hydrogens (tertiary/aromatic N) is 18. The first kappa shape index (κ1) is 106. The van der Waals surface area contributed by atoms with Crippen LogP contribution in [-0.2, 0) is 14.4 Å². The van der Waals surface area contributed by atoms with Crippen LogP contribution in [0.25, 0.3) is 83.9 Å². The van der Waals surface area contributed by atoms with Crippen molar-refractivity contribution in [2.45, 2.75) is 158 Å². The maximum absolute atomic E-state index is 15.5. The fourth-order valence-corrected chi connectivity index (χ4v) is 21.0. The van der Waals surface area contributed by atoms with E-state index in [4.69, 9.17) is 138 Å². The highest BCUT2D eigenvalue weighted by Crippen LogP contribution is 2.51. The van der Waals surface area contributed by atoms with Crippen molar-refractivity contribution in [3.05, 3.63) is 254 Å². The zero-order chi connectivity index (χ0) is 104. The second kappa shape index (κ2) is 41.7. The van der Waals surface area contributed by atoms with Gasteiger partial charge in [-0.05, 0) is 151 Å². The fourth-order valence-electron chi connectivity index (χ4n) is 18.9. The number of aromatic nitrogens is 9. The number of nitrogen functional groups attached to an aromatic ring is 3. The first-order chi connectivity index (χ1) is 66.5. The smallest absolute Gasteiger partial charge is 0.276 e. The first-order valence-electron chi connectivity index (χ1n) is 43.9. The molecular formula is C99H90Cl10F5N21O6. The number of aryl methyl sites for hydroxylation is 3. The normalized spacial score (nSPS) is 16.6. The SMILES string of the molecule is C=CC(=O)N1[C@H](C)CN(c2c(C#N)c(=O)n(-c3c(C)ccnc3C(C)C)c3nc(-c4c(N)c(Cl)c(Cl)c(F)c4Cl)c(Cl)cc23)C[C@@H]1C.C=CC(=O)N1[C@H](C)CN(c2c(C#N)c(=O)n(-c3c(C)ccnc3C(C)C)c3nc(-c4c(N)c(Cl)c(Cl)c(F)c4F)c(Cl)cc23)C[C@@H]1C.C=CC(=O)N1[C@H](C)CN(c2c(C#N)c(=O)n(-c3c(C)ccnc3C(C)C)c3nc(-c4c(N)c(Cl)c(Cl)c(F)c4F)c(Cl)cc23)C[C@@H]1C. The van der Waals surface area contributed by atoms with E-state index in [2.05, 4.69) is 62.9 Å². The summed E-state index contributed by atoms with van der Waals surface area (Å²) in [6.45, 7) is 40.4. The second-order valence-corrected chi connectivity index (χ2v) is 39.2. The zero-order valence-electron chi connectivity index (χ0n) is 78.4. The Hall–Kier alpha value is -12.4. The summed E-state index contributed by atoms with van der Waals surface area (Å²) >= 11 is 63.3. The Kier molecular flexibility index (Phi) is 31.3. The number of carbonyl (C=O) groups excluding carboxylic acids is 3. The van der Waals surface area contributed by atoms with Gasteiger partial charge in [-0.15, -0.1) is 0 Å². The standard InChI is InChI=1S/C33H30Cl4FN7O2.2C33H30Cl3F2N7O2/c1-7-21(46)44-16(5)12-43(13-17(44)6)31-18-10-20(34)29(22-23(35)26(38)24(36)25(37)27(22)40)42-32(18)45(33(47)19(31)11-39)30-15(4)8-9-41-28(30)14(2)3;2*1-7-21(46)44-16(5)12-43(13-17(44)6)31-18-10-20(34)29(22-25(37)26(38)23(35)24(36)27(22)40)42-32(18)45(33(47)19(31)11-39)30-15(4)8-9-41-28(30)14(2)3/h3*7-10,14,16-17H,1,12-13,40H2,2-6H3/t3*16-,17+. The van der Waals surface area contributed by atoms with Crippen LogP contribution in [0.4, 0.5) is 56.1 Å². The van der Waals surface area contributed by atoms with Crippen LogP contribution in [0.5, 0.6) is 0 Å². The molecule has 12 heterocycles. The fraction of sp³-hybridized carbons (Fsp3) is 0.303. The van der Waals surface area contributed by atoms with Gasteiger partial charge in [0.1, 0.15) is 61.9 Å². The van der Waals surface area contributed by atoms with Crippen molar-refractivity contribution in [3.8, 4) is 69.0 Å². The van der Waals surface area contributed by atoms with Crippen molar-refractivity contribution in [1.29, 1.82) is 15.8 Å². The van der Waals surface area contributed by atoms with Crippen molar-refractivity contribution in [2.24, 2.45) is 0 Å². The molecule has 42 heteroatoms. The van der Waals surface area contributed by atoms with Gasteiger partial charge in [-0.3, -0.25) is 57.4 Å². The number of benzene rings is 3. The van der Waals surface area contributed by atoms with E-state index >= 15 is 13.2 Å². The molecule has 6 atom stereocenters. The molecule has 15 rings (SSSR count). The van der Waals surface area contributed by atoms with Gasteiger partial charge in [-0.2, -0.15) is 15.8 Å². The number of fused-ring (bicyclic) bond motifs is 3. The highest BCUT2D eigenvalue weighted by atomic mass is 35.5. The molecule has 3 saturated heterocycles. The summed E-state index contributed by atoms with van der Waals surface area (Å²) in [5, 5.41) is 28.7. The Morgan fingerprint density at radius 3 is 0.851 bits per heavy atom. The molecule has 12 aromatic rings. The zero-order valence-corrected chi connectivity index (χ0v) is 85.9. The van der Waals surface area contributed by atoms with Crippen LogP contribution in [0.2, 0.25) is 50.2 Å². The number of amides is 3. The number of nitriles is 3. The summed E-state index contributed by atoms with van der Waals surface area (Å²) in [6, 6.07) is 13.9. The van der Waals surface area contributed by atoms with Crippen LogP contribution in [0.1, 0.15) is 151 Å². The average Bonchev–Trinajstić information content (AvgIpc) is 0.725. The molecule has 0 aliphatic carbocycles. The van der Waals surface area contributed by atoms with Gasteiger partial charge in [0.25, 0.3) is 16.7 Å². The van der Waals surface area contributed by atoms with E-state index in [-0.39, 0.29) is 215 Å². The van der Waals surface area contributed by atoms with Crippen LogP contribution < -0.4 is 48.6 Å². The van der Waals surface area contributed by atoms with Crippen molar-refractivity contribution in [2.75, 3.05) is 71.2 Å². The minimum atomic E-state index is -1.45. The summed E-state index contributed by atoms with van der Waals surface area (Å²) in [6.07, 6.45) is 8.60. The largest absolute Gasteiger partial charge is 0.397 e. The molecule has 3 aliphatic heterocycles. The molecule has 732 valence electrons. The van der Waals surface area contributed by atoms with Crippen LogP contribution in [0, 0.1) is 83.9 Å². The number of hydrogen-bond acceptors (Lipinski definition) is 21. The molecular weight excluding hydrogens is 2030 g/mol. The molecule has 3 aliphatic rings. The summed E-state index contributed by atoms with van der Waals surface area (Å²) in [5.41, 5.74) is 18.8. The molecule has 0 spiro atoms. The molecule has 3 amide bonds. The second-order valence-electron chi connectivity index (χ2n) is 35.3. The van der Waals surface area contributed by atoms with Crippen LogP contribution in [-0.4, -0.2) is 152 Å². The van der Waals surface area contributed by atoms with Gasteiger partial charge in [-0.25, -0.2) is 36.9 Å². The van der Waals surface area contributed by atoms with Crippen molar-refractivity contribution < 1.29 is 36.3 Å². The van der Waals surface area contributed by atoms with Crippen molar-refractivity contribution >= 4 is 201 Å². The molecule has 0 radical (unpaired) electrons. The monoisotopic (exact) mass is 2110 g/mol. The molecule has 0 saturated carbocycles. The van der Waals surface area contributed by atoms with Gasteiger partial charge in [0.2, 0.25) is 17.7 Å². The van der Waals surface area contributed by atoms with Crippen molar-refractivity contribution in [1.82, 2.24) is 58.3 Å². The van der Waals surface area contributed by atoms with Crippen molar-refractivity contribution in [3.63, 3.8) is 0 Å². The van der Waals surface area contributed by atoms with E-state index in [1.54, 1.807) is 71.4 Å². The van der Waals surface area contributed by atoms with E-state index in [0.717, 1.165) is 0 Å². The Bertz CT molecular complexity index is 6860. The molecule has 141 heavy (non-hydrogen) atoms. The molecule has 27 nitrogen and oxygen atoms in total. The van der Waals surface area contributed by atoms with E-state index < -0.39 is 98.4 Å². The summed E-state index contributed by atoms with van der Waals surface area (Å²) < 4.78 is 79.9. The molecule has 3 aromatic carbocycles. The lowest BCUT2D eigenvalue weighted by atomic mass is 10.0. The number of carbonyl (C=O) groups is 3. The van der Waals surface area contributed by atoms with E-state index in [1.165, 1.54) is 44.1 Å². The van der Waals surface area contributed by atoms with Gasteiger partial charge < -0.3 is 46.6 Å². The van der Waals surface area contributed by atoms with E-state index in [0.29, 0.717) is 61.9 Å². The lowest BCUT2D eigenvalue weighted by Crippen LogP contribution is -2.58. The van der Waals surface area contributed by atoms with Gasteiger partial charge in [-0.1, -0.05) is 177 Å². The predicted molar refractivity (Wildman–Crippen MR) is 550 cm³/mol. The average molecular weight is 2120 g/mol. The highest BCUT2D eigenvalue weighted by Gasteiger charge is 2.42. The Balaban J connectivity index is 0.000000178. The van der Waals surface area contributed by atoms with Crippen LogP contribution in [0.15, 0.2) is 107 Å². The summed E-state index contributed by atoms with van der Waals surface area (Å²) in [5.74, 6) is -7.96. The Labute approximate surface area is 856 Å². The van der Waals surface area contributed by atoms with Gasteiger partial charge in [0.05, 0.1) is 137 Å².